The molecule has 0 aromatic heterocycles. The summed E-state index contributed by atoms with van der Waals surface area (Å²) in [5, 5.41) is 35.3. The first kappa shape index (κ1) is 31.3. The van der Waals surface area contributed by atoms with Crippen LogP contribution < -0.4 is 27.4 Å². The minimum absolute atomic E-state index is 0.0121. The Morgan fingerprint density at radius 3 is 1.97 bits per heavy atom. The van der Waals surface area contributed by atoms with E-state index in [0.717, 1.165) is 0 Å². The number of amides is 3. The average Bonchev–Trinajstić information content (AvgIpc) is 2.81. The van der Waals surface area contributed by atoms with Crippen LogP contribution in [0.2, 0.25) is 0 Å². The highest BCUT2D eigenvalue weighted by molar-refractivity contribution is 5.94. The van der Waals surface area contributed by atoms with Gasteiger partial charge in [-0.15, -0.1) is 0 Å². The molecule has 0 radical (unpaired) electrons. The molecule has 0 saturated carbocycles. The van der Waals surface area contributed by atoms with Gasteiger partial charge >= 0.3 is 11.9 Å². The van der Waals surface area contributed by atoms with Crippen molar-refractivity contribution in [3.8, 4) is 5.75 Å². The number of unbranched alkanes of at least 4 members (excludes halogenated alkanes) is 1. The first-order valence-electron chi connectivity index (χ1n) is 11.9. The van der Waals surface area contributed by atoms with Gasteiger partial charge in [-0.25, -0.2) is 4.79 Å². The maximum absolute atomic E-state index is 13.0. The van der Waals surface area contributed by atoms with E-state index in [-0.39, 0.29) is 18.6 Å². The van der Waals surface area contributed by atoms with Crippen LogP contribution in [0.1, 0.15) is 45.1 Å². The minimum Gasteiger partial charge on any atom is -0.508 e. The zero-order valence-corrected chi connectivity index (χ0v) is 21.0. The van der Waals surface area contributed by atoms with Crippen molar-refractivity contribution in [3.63, 3.8) is 0 Å². The van der Waals surface area contributed by atoms with E-state index in [0.29, 0.717) is 24.9 Å². The number of hydrogen-bond donors (Lipinski definition) is 8. The van der Waals surface area contributed by atoms with E-state index in [9.17, 15) is 34.2 Å². The summed E-state index contributed by atoms with van der Waals surface area (Å²) in [7, 11) is 0. The smallest absolute Gasteiger partial charge is 0.326 e. The lowest BCUT2D eigenvalue weighted by Crippen LogP contribution is -2.58. The van der Waals surface area contributed by atoms with Crippen molar-refractivity contribution in [2.24, 2.45) is 17.4 Å². The van der Waals surface area contributed by atoms with Crippen LogP contribution in [0.4, 0.5) is 0 Å². The summed E-state index contributed by atoms with van der Waals surface area (Å²) in [6.07, 6.45) is 0.505. The van der Waals surface area contributed by atoms with Crippen molar-refractivity contribution in [2.75, 3.05) is 6.54 Å². The molecule has 1 aromatic rings. The van der Waals surface area contributed by atoms with Gasteiger partial charge in [0.2, 0.25) is 17.7 Å². The third-order valence-corrected chi connectivity index (χ3v) is 5.55. The van der Waals surface area contributed by atoms with Gasteiger partial charge in [0.15, 0.2) is 0 Å². The quantitative estimate of drug-likeness (QED) is 0.124. The molecular weight excluding hydrogens is 486 g/mol. The number of phenols is 1. The number of carboxylic acids is 2. The molecule has 10 N–H and O–H groups in total. The van der Waals surface area contributed by atoms with Crippen molar-refractivity contribution in [1.29, 1.82) is 0 Å². The summed E-state index contributed by atoms with van der Waals surface area (Å²) >= 11 is 0. The van der Waals surface area contributed by atoms with Crippen LogP contribution in [0.15, 0.2) is 24.3 Å². The summed E-state index contributed by atoms with van der Waals surface area (Å²) in [6.45, 7) is 3.65. The molecule has 206 valence electrons. The van der Waals surface area contributed by atoms with Crippen LogP contribution in [0.5, 0.6) is 5.75 Å². The van der Waals surface area contributed by atoms with E-state index in [1.165, 1.54) is 24.3 Å². The normalized spacial score (nSPS) is 14.2. The number of carbonyl (C=O) groups is 5. The van der Waals surface area contributed by atoms with E-state index in [1.807, 2.05) is 0 Å². The fourth-order valence-electron chi connectivity index (χ4n) is 3.44. The Bertz CT molecular complexity index is 938. The van der Waals surface area contributed by atoms with Crippen LogP contribution in [0, 0.1) is 5.92 Å². The maximum atomic E-state index is 13.0. The third-order valence-electron chi connectivity index (χ3n) is 5.55. The monoisotopic (exact) mass is 523 g/mol. The Morgan fingerprint density at radius 2 is 1.46 bits per heavy atom. The fraction of sp³-hybridized carbons (Fsp3) is 0.542. The molecule has 0 aliphatic rings. The Kier molecular flexibility index (Phi) is 13.0. The molecule has 3 amide bonds. The van der Waals surface area contributed by atoms with Gasteiger partial charge in [-0.05, 0) is 49.4 Å². The average molecular weight is 524 g/mol. The highest BCUT2D eigenvalue weighted by Gasteiger charge is 2.32. The number of aliphatic carboxylic acids is 2. The minimum atomic E-state index is -1.37. The number of phenolic OH excluding ortho intramolecular Hbond substituents is 1. The molecule has 0 spiro atoms. The number of carbonyl (C=O) groups excluding carboxylic acids is 3. The highest BCUT2D eigenvalue weighted by Crippen LogP contribution is 2.12. The molecule has 0 fully saturated rings. The van der Waals surface area contributed by atoms with Crippen LogP contribution in [0.25, 0.3) is 0 Å². The van der Waals surface area contributed by atoms with E-state index in [2.05, 4.69) is 16.0 Å². The topological polar surface area (TPSA) is 234 Å². The van der Waals surface area contributed by atoms with Crippen LogP contribution in [-0.4, -0.2) is 75.7 Å². The third kappa shape index (κ3) is 11.3. The fourth-order valence-corrected chi connectivity index (χ4v) is 3.44. The summed E-state index contributed by atoms with van der Waals surface area (Å²) in [5.74, 6) is -5.25. The van der Waals surface area contributed by atoms with Crippen LogP contribution in [-0.2, 0) is 30.4 Å². The van der Waals surface area contributed by atoms with Crippen molar-refractivity contribution in [2.45, 2.75) is 70.1 Å². The zero-order valence-electron chi connectivity index (χ0n) is 21.0. The molecule has 13 nitrogen and oxygen atoms in total. The summed E-state index contributed by atoms with van der Waals surface area (Å²) in [5.41, 5.74) is 11.7. The maximum Gasteiger partial charge on any atom is 0.326 e. The Labute approximate surface area is 215 Å². The predicted octanol–water partition coefficient (Wildman–Crippen LogP) is -0.939. The zero-order chi connectivity index (χ0) is 28.1. The van der Waals surface area contributed by atoms with Gasteiger partial charge in [0.1, 0.15) is 23.9 Å². The van der Waals surface area contributed by atoms with Gasteiger partial charge in [0.25, 0.3) is 0 Å². The van der Waals surface area contributed by atoms with Gasteiger partial charge in [0, 0.05) is 6.42 Å². The number of carboxylic acid groups (broad SMARTS) is 2. The van der Waals surface area contributed by atoms with Crippen LogP contribution >= 0.6 is 0 Å². The lowest BCUT2D eigenvalue weighted by molar-refractivity contribution is -0.142. The molecule has 0 heterocycles. The molecule has 0 bridgehead atoms. The summed E-state index contributed by atoms with van der Waals surface area (Å²) < 4.78 is 0. The number of benzene rings is 1. The van der Waals surface area contributed by atoms with Gasteiger partial charge < -0.3 is 42.7 Å². The first-order valence-corrected chi connectivity index (χ1v) is 11.9. The lowest BCUT2D eigenvalue weighted by atomic mass is 10.0. The molecule has 4 atom stereocenters. The van der Waals surface area contributed by atoms with Crippen molar-refractivity contribution < 1.29 is 39.3 Å². The molecule has 1 aromatic carbocycles. The molecule has 0 aliphatic carbocycles. The Morgan fingerprint density at radius 1 is 0.865 bits per heavy atom. The second-order valence-corrected chi connectivity index (χ2v) is 9.05. The SMILES string of the molecule is CC(C)[C@H](NC(=O)[C@@H](N)CC(=O)O)C(=O)N[C@@H](CCCCN)C(=O)N[C@@H](Cc1ccc(O)cc1)C(=O)O. The van der Waals surface area contributed by atoms with E-state index in [4.69, 9.17) is 16.6 Å². The number of rotatable bonds is 16. The van der Waals surface area contributed by atoms with Crippen LogP contribution in [0.3, 0.4) is 0 Å². The van der Waals surface area contributed by atoms with Crippen molar-refractivity contribution in [3.05, 3.63) is 29.8 Å². The molecule has 1 rings (SSSR count). The Balaban J connectivity index is 3.00. The van der Waals surface area contributed by atoms with Crippen molar-refractivity contribution in [1.82, 2.24) is 16.0 Å². The van der Waals surface area contributed by atoms with Gasteiger partial charge in [-0.2, -0.15) is 0 Å². The molecular formula is C24H37N5O8. The number of aromatic hydroxyl groups is 1. The number of nitrogens with one attached hydrogen (secondary N) is 3. The Hall–Kier alpha value is -3.71. The van der Waals surface area contributed by atoms with Crippen molar-refractivity contribution >= 4 is 29.7 Å². The lowest BCUT2D eigenvalue weighted by Gasteiger charge is -2.27. The standard InChI is InChI=1S/C24H37N5O8/c1-13(2)20(29-21(33)16(26)12-19(31)32)23(35)27-17(5-3-4-10-25)22(34)28-18(24(36)37)11-14-6-8-15(30)9-7-14/h6-9,13,16-18,20,30H,3-5,10-12,25-26H2,1-2H3,(H,27,35)(H,28,34)(H,29,33)(H,31,32)(H,36,37)/t16-,17-,18-,20-/m0/s1. The van der Waals surface area contributed by atoms with Gasteiger partial charge in [-0.1, -0.05) is 26.0 Å². The van der Waals surface area contributed by atoms with E-state index < -0.39 is 66.2 Å². The van der Waals surface area contributed by atoms with Gasteiger partial charge in [0.05, 0.1) is 12.5 Å². The predicted molar refractivity (Wildman–Crippen MR) is 133 cm³/mol. The largest absolute Gasteiger partial charge is 0.508 e. The number of nitrogens with two attached hydrogens (primary N) is 2. The molecule has 0 unspecified atom stereocenters. The molecule has 0 saturated heterocycles. The first-order chi connectivity index (χ1) is 17.3. The molecule has 0 aliphatic heterocycles. The molecule has 37 heavy (non-hydrogen) atoms. The summed E-state index contributed by atoms with van der Waals surface area (Å²) in [6, 6.07) is 0.942. The van der Waals surface area contributed by atoms with E-state index >= 15 is 0 Å². The van der Waals surface area contributed by atoms with E-state index in [1.54, 1.807) is 13.8 Å². The highest BCUT2D eigenvalue weighted by atomic mass is 16.4. The van der Waals surface area contributed by atoms with Gasteiger partial charge in [-0.3, -0.25) is 19.2 Å². The molecule has 13 heteroatoms. The second-order valence-electron chi connectivity index (χ2n) is 9.05. The summed E-state index contributed by atoms with van der Waals surface area (Å²) in [4.78, 5) is 61.0. The second kappa shape index (κ2) is 15.4. The number of hydrogen-bond acceptors (Lipinski definition) is 8.